The molecule has 2 fully saturated rings. The van der Waals surface area contributed by atoms with E-state index in [9.17, 15) is 39.4 Å². The Morgan fingerprint density at radius 2 is 1.07 bits per heavy atom. The monoisotopic (exact) mass is 650 g/mol. The molecule has 45 heavy (non-hydrogen) atoms. The summed E-state index contributed by atoms with van der Waals surface area (Å²) >= 11 is 0.786. The number of hydrogen-bond donors (Lipinski definition) is 6. The fourth-order valence-corrected chi connectivity index (χ4v) is 6.57. The Kier molecular flexibility index (Phi) is 9.13. The lowest BCUT2D eigenvalue weighted by Crippen LogP contribution is -2.58. The van der Waals surface area contributed by atoms with E-state index < -0.39 is 84.4 Å². The number of ether oxygens (including phenoxy) is 2. The number of rotatable bonds is 8. The van der Waals surface area contributed by atoms with Crippen LogP contribution in [-0.4, -0.2) is 131 Å². The highest BCUT2D eigenvalue weighted by molar-refractivity contribution is 8.00. The SMILES string of the molecule is OCC1O[C@@H](S[C@@H]2O[C@H](CO)C(O)C(n3cc(-c4ccc(F)cn4)nn3)[C@H]2O)C(O)[C@@H](n2cc(-c3ccc(F)cn3)nn2)[C@H]1O. The van der Waals surface area contributed by atoms with E-state index in [1.165, 1.54) is 46.0 Å². The summed E-state index contributed by atoms with van der Waals surface area (Å²) in [5.74, 6) is -1.10. The summed E-state index contributed by atoms with van der Waals surface area (Å²) in [6.45, 7) is -1.29. The minimum Gasteiger partial charge on any atom is -0.394 e. The molecule has 2 aliphatic rings. The summed E-state index contributed by atoms with van der Waals surface area (Å²) < 4.78 is 40.6. The van der Waals surface area contributed by atoms with Crippen LogP contribution in [0.5, 0.6) is 0 Å². The fraction of sp³-hybridized carbons (Fsp3) is 0.462. The lowest BCUT2D eigenvalue weighted by Gasteiger charge is -2.46. The first-order valence-electron chi connectivity index (χ1n) is 13.7. The van der Waals surface area contributed by atoms with Gasteiger partial charge >= 0.3 is 0 Å². The number of thioether (sulfide) groups is 1. The second-order valence-corrected chi connectivity index (χ2v) is 11.6. The van der Waals surface area contributed by atoms with Crippen LogP contribution in [0.25, 0.3) is 22.8 Å². The standard InChI is InChI=1S/C26H28F2N8O8S/c27-11-1-3-13(29-5-11)15-7-35(33-31-15)19-21(39)17(9-37)43-25(23(19)41)45-26-24(42)20(22(40)18(10-38)44-26)36-8-16(32-34-36)14-4-2-12(28)6-30-14/h1-8,17-26,37-42H,9-10H2/t17-,18?,19?,20+,21?,22+,23-,24?,25+,26+/m1/s1. The van der Waals surface area contributed by atoms with Gasteiger partial charge in [-0.3, -0.25) is 9.97 Å². The van der Waals surface area contributed by atoms with Crippen LogP contribution in [0.1, 0.15) is 12.1 Å². The average Bonchev–Trinajstić information content (AvgIpc) is 3.72. The second kappa shape index (κ2) is 13.1. The molecule has 4 aromatic heterocycles. The highest BCUT2D eigenvalue weighted by Gasteiger charge is 2.51. The minimum atomic E-state index is -1.51. The number of halogens is 2. The highest BCUT2D eigenvalue weighted by Crippen LogP contribution is 2.42. The van der Waals surface area contributed by atoms with Gasteiger partial charge in [0.1, 0.15) is 82.6 Å². The summed E-state index contributed by atoms with van der Waals surface area (Å²) in [5.41, 5.74) is -1.46. The number of pyridine rings is 2. The van der Waals surface area contributed by atoms with Crippen molar-refractivity contribution in [1.29, 1.82) is 0 Å². The second-order valence-electron chi connectivity index (χ2n) is 10.4. The molecule has 0 aliphatic carbocycles. The zero-order valence-electron chi connectivity index (χ0n) is 23.0. The van der Waals surface area contributed by atoms with E-state index in [0.717, 1.165) is 24.2 Å². The molecular weight excluding hydrogens is 622 g/mol. The molecule has 2 saturated heterocycles. The zero-order valence-corrected chi connectivity index (χ0v) is 23.9. The van der Waals surface area contributed by atoms with E-state index in [-0.39, 0.29) is 22.8 Å². The molecule has 0 aromatic carbocycles. The Labute approximate surface area is 256 Å². The number of aliphatic hydroxyl groups excluding tert-OH is 6. The first kappa shape index (κ1) is 31.5. The lowest BCUT2D eigenvalue weighted by atomic mass is 9.97. The van der Waals surface area contributed by atoms with Crippen LogP contribution < -0.4 is 0 Å². The van der Waals surface area contributed by atoms with Crippen molar-refractivity contribution in [3.63, 3.8) is 0 Å². The van der Waals surface area contributed by atoms with Gasteiger partial charge in [0, 0.05) is 0 Å². The normalized spacial score (nSPS) is 32.1. The van der Waals surface area contributed by atoms with Crippen LogP contribution in [0, 0.1) is 11.6 Å². The van der Waals surface area contributed by atoms with Crippen molar-refractivity contribution in [2.24, 2.45) is 0 Å². The van der Waals surface area contributed by atoms with E-state index in [1.54, 1.807) is 0 Å². The maximum atomic E-state index is 13.3. The van der Waals surface area contributed by atoms with Gasteiger partial charge in [0.05, 0.1) is 49.4 Å². The minimum absolute atomic E-state index is 0.224. The van der Waals surface area contributed by atoms with Crippen LogP contribution >= 0.6 is 11.8 Å². The average molecular weight is 651 g/mol. The molecule has 6 rings (SSSR count). The summed E-state index contributed by atoms with van der Waals surface area (Å²) in [5, 5.41) is 80.6. The molecule has 2 aliphatic heterocycles. The van der Waals surface area contributed by atoms with E-state index in [4.69, 9.17) is 9.47 Å². The molecule has 0 radical (unpaired) electrons. The molecule has 4 unspecified atom stereocenters. The third-order valence-corrected chi connectivity index (χ3v) is 8.89. The number of aliphatic hydroxyl groups is 6. The van der Waals surface area contributed by atoms with Gasteiger partial charge < -0.3 is 40.1 Å². The summed E-state index contributed by atoms with van der Waals surface area (Å²) in [7, 11) is 0. The topological polar surface area (TPSA) is 227 Å². The molecule has 10 atom stereocenters. The Hall–Kier alpha value is -3.53. The van der Waals surface area contributed by atoms with Gasteiger partial charge in [-0.1, -0.05) is 22.2 Å². The van der Waals surface area contributed by atoms with Crippen molar-refractivity contribution in [2.75, 3.05) is 13.2 Å². The van der Waals surface area contributed by atoms with E-state index in [0.29, 0.717) is 0 Å². The Bertz CT molecular complexity index is 1470. The van der Waals surface area contributed by atoms with Crippen LogP contribution in [0.2, 0.25) is 0 Å². The van der Waals surface area contributed by atoms with Crippen molar-refractivity contribution < 1.29 is 48.9 Å². The Balaban J connectivity index is 1.24. The van der Waals surface area contributed by atoms with Crippen molar-refractivity contribution in [3.8, 4) is 22.8 Å². The van der Waals surface area contributed by atoms with E-state index >= 15 is 0 Å². The van der Waals surface area contributed by atoms with Gasteiger partial charge in [0.2, 0.25) is 0 Å². The molecule has 0 bridgehead atoms. The quantitative estimate of drug-likeness (QED) is 0.130. The van der Waals surface area contributed by atoms with Gasteiger partial charge in [-0.05, 0) is 24.3 Å². The van der Waals surface area contributed by atoms with Gasteiger partial charge in [0.15, 0.2) is 0 Å². The first-order chi connectivity index (χ1) is 21.7. The third kappa shape index (κ3) is 6.18. The smallest absolute Gasteiger partial charge is 0.141 e. The first-order valence-corrected chi connectivity index (χ1v) is 14.6. The van der Waals surface area contributed by atoms with E-state index in [1.807, 2.05) is 0 Å². The number of nitrogens with zero attached hydrogens (tertiary/aromatic N) is 8. The third-order valence-electron chi connectivity index (χ3n) is 7.58. The van der Waals surface area contributed by atoms with Crippen molar-refractivity contribution in [1.82, 2.24) is 40.0 Å². The van der Waals surface area contributed by atoms with Gasteiger partial charge in [0.25, 0.3) is 0 Å². The van der Waals surface area contributed by atoms with Crippen molar-refractivity contribution in [2.45, 2.75) is 59.6 Å². The number of hydrogen-bond acceptors (Lipinski definition) is 15. The maximum absolute atomic E-state index is 13.3. The van der Waals surface area contributed by atoms with Crippen LogP contribution in [0.15, 0.2) is 49.1 Å². The predicted molar refractivity (Wildman–Crippen MR) is 148 cm³/mol. The van der Waals surface area contributed by atoms with Crippen LogP contribution in [0.3, 0.4) is 0 Å². The van der Waals surface area contributed by atoms with Gasteiger partial charge in [-0.15, -0.1) is 10.2 Å². The molecule has 0 amide bonds. The molecule has 240 valence electrons. The van der Waals surface area contributed by atoms with Gasteiger partial charge in [-0.25, -0.2) is 18.1 Å². The number of aromatic nitrogens is 8. The van der Waals surface area contributed by atoms with Crippen LogP contribution in [-0.2, 0) is 9.47 Å². The lowest BCUT2D eigenvalue weighted by molar-refractivity contribution is -0.189. The summed E-state index contributed by atoms with van der Waals surface area (Å²) in [6.07, 6.45) is -3.58. The highest BCUT2D eigenvalue weighted by atomic mass is 32.2. The molecule has 19 heteroatoms. The van der Waals surface area contributed by atoms with Crippen molar-refractivity contribution in [3.05, 3.63) is 60.7 Å². The van der Waals surface area contributed by atoms with Gasteiger partial charge in [-0.2, -0.15) is 0 Å². The summed E-state index contributed by atoms with van der Waals surface area (Å²) in [4.78, 5) is 7.90. The molecule has 16 nitrogen and oxygen atoms in total. The molecule has 6 heterocycles. The Morgan fingerprint density at radius 1 is 0.644 bits per heavy atom. The zero-order chi connectivity index (χ0) is 31.8. The predicted octanol–water partition coefficient (Wildman–Crippen LogP) is -1.33. The largest absolute Gasteiger partial charge is 0.394 e. The molecular formula is C26H28F2N8O8S. The van der Waals surface area contributed by atoms with Crippen molar-refractivity contribution >= 4 is 11.8 Å². The molecule has 0 spiro atoms. The Morgan fingerprint density at radius 3 is 1.42 bits per heavy atom. The summed E-state index contributed by atoms with van der Waals surface area (Å²) in [6, 6.07) is 2.74. The molecule has 4 aromatic rings. The molecule has 6 N–H and O–H groups in total. The maximum Gasteiger partial charge on any atom is 0.141 e. The molecule has 0 saturated carbocycles. The fourth-order valence-electron chi connectivity index (χ4n) is 5.25. The van der Waals surface area contributed by atoms with E-state index in [2.05, 4.69) is 30.6 Å². The van der Waals surface area contributed by atoms with Crippen LogP contribution in [0.4, 0.5) is 8.78 Å².